The van der Waals surface area contributed by atoms with Crippen molar-refractivity contribution < 1.29 is 9.90 Å². The van der Waals surface area contributed by atoms with Gasteiger partial charge in [0.15, 0.2) is 5.78 Å². The molecule has 2 nitrogen and oxygen atoms in total. The van der Waals surface area contributed by atoms with E-state index in [4.69, 9.17) is 5.11 Å². The Morgan fingerprint density at radius 3 is 2.29 bits per heavy atom. The van der Waals surface area contributed by atoms with Gasteiger partial charge in [-0.05, 0) is 43.4 Å². The zero-order chi connectivity index (χ0) is 9.97. The summed E-state index contributed by atoms with van der Waals surface area (Å²) in [6, 6.07) is 0. The predicted molar refractivity (Wildman–Crippen MR) is 54.8 cm³/mol. The summed E-state index contributed by atoms with van der Waals surface area (Å²) in [5, 5.41) is 8.69. The minimum atomic E-state index is -0.270. The van der Waals surface area contributed by atoms with Gasteiger partial charge in [-0.25, -0.2) is 0 Å². The van der Waals surface area contributed by atoms with Crippen LogP contribution in [0.25, 0.3) is 0 Å². The molecule has 78 valence electrons. The first-order valence-corrected chi connectivity index (χ1v) is 5.60. The lowest BCUT2D eigenvalue weighted by molar-refractivity contribution is -0.122. The topological polar surface area (TPSA) is 37.3 Å². The SMILES string of the molecule is O=C(CO)CC1C2CC/C=C\CCC21. The van der Waals surface area contributed by atoms with Crippen molar-refractivity contribution in [3.05, 3.63) is 12.2 Å². The molecule has 0 aliphatic heterocycles. The van der Waals surface area contributed by atoms with Crippen LogP contribution >= 0.6 is 0 Å². The maximum atomic E-state index is 11.1. The third-order valence-electron chi connectivity index (χ3n) is 3.65. The molecule has 0 aromatic rings. The maximum Gasteiger partial charge on any atom is 0.158 e. The Labute approximate surface area is 85.0 Å². The number of hydrogen-bond acceptors (Lipinski definition) is 2. The summed E-state index contributed by atoms with van der Waals surface area (Å²) < 4.78 is 0. The summed E-state index contributed by atoms with van der Waals surface area (Å²) in [7, 11) is 0. The van der Waals surface area contributed by atoms with Gasteiger partial charge in [-0.2, -0.15) is 0 Å². The number of ketones is 1. The molecule has 2 rings (SSSR count). The molecule has 0 bridgehead atoms. The van der Waals surface area contributed by atoms with Crippen molar-refractivity contribution in [3.63, 3.8) is 0 Å². The van der Waals surface area contributed by atoms with Crippen molar-refractivity contribution in [1.29, 1.82) is 0 Å². The third kappa shape index (κ3) is 2.06. The Balaban J connectivity index is 1.84. The predicted octanol–water partition coefficient (Wildman–Crippen LogP) is 1.93. The fourth-order valence-electron chi connectivity index (χ4n) is 2.82. The van der Waals surface area contributed by atoms with E-state index in [0.29, 0.717) is 12.3 Å². The lowest BCUT2D eigenvalue weighted by Gasteiger charge is -1.99. The van der Waals surface area contributed by atoms with Crippen LogP contribution in [0, 0.1) is 17.8 Å². The Kier molecular flexibility index (Phi) is 3.02. The third-order valence-corrected chi connectivity index (χ3v) is 3.65. The number of aliphatic hydroxyl groups excluding tert-OH is 1. The van der Waals surface area contributed by atoms with Crippen molar-refractivity contribution in [2.45, 2.75) is 32.1 Å². The molecule has 1 N–H and O–H groups in total. The van der Waals surface area contributed by atoms with Crippen LogP contribution in [-0.4, -0.2) is 17.5 Å². The second-order valence-electron chi connectivity index (χ2n) is 4.52. The number of fused-ring (bicyclic) bond motifs is 1. The fourth-order valence-corrected chi connectivity index (χ4v) is 2.82. The minimum Gasteiger partial charge on any atom is -0.389 e. The van der Waals surface area contributed by atoms with E-state index >= 15 is 0 Å². The number of allylic oxidation sites excluding steroid dienone is 2. The molecule has 0 aromatic carbocycles. The van der Waals surface area contributed by atoms with Gasteiger partial charge in [-0.1, -0.05) is 12.2 Å². The van der Waals surface area contributed by atoms with E-state index in [-0.39, 0.29) is 12.4 Å². The van der Waals surface area contributed by atoms with Gasteiger partial charge in [-0.15, -0.1) is 0 Å². The lowest BCUT2D eigenvalue weighted by Crippen LogP contribution is -2.05. The van der Waals surface area contributed by atoms with E-state index in [1.807, 2.05) is 0 Å². The molecule has 2 heteroatoms. The number of aliphatic hydroxyl groups is 1. The fraction of sp³-hybridized carbons (Fsp3) is 0.750. The molecule has 14 heavy (non-hydrogen) atoms. The van der Waals surface area contributed by atoms with Crippen LogP contribution < -0.4 is 0 Å². The second-order valence-corrected chi connectivity index (χ2v) is 4.52. The van der Waals surface area contributed by atoms with Crippen LogP contribution in [0.2, 0.25) is 0 Å². The first-order valence-electron chi connectivity index (χ1n) is 5.60. The van der Waals surface area contributed by atoms with Crippen LogP contribution in [-0.2, 0) is 4.79 Å². The Morgan fingerprint density at radius 1 is 1.21 bits per heavy atom. The van der Waals surface area contributed by atoms with Gasteiger partial charge in [0.2, 0.25) is 0 Å². The minimum absolute atomic E-state index is 0.0229. The van der Waals surface area contributed by atoms with Crippen molar-refractivity contribution in [2.24, 2.45) is 17.8 Å². The van der Waals surface area contributed by atoms with Crippen LogP contribution in [0.4, 0.5) is 0 Å². The largest absolute Gasteiger partial charge is 0.389 e. The van der Waals surface area contributed by atoms with Crippen molar-refractivity contribution in [2.75, 3.05) is 6.61 Å². The van der Waals surface area contributed by atoms with Crippen LogP contribution in [0.15, 0.2) is 12.2 Å². The van der Waals surface area contributed by atoms with Crippen LogP contribution in [0.1, 0.15) is 32.1 Å². The molecule has 0 saturated heterocycles. The molecule has 2 aliphatic rings. The van der Waals surface area contributed by atoms with E-state index in [0.717, 1.165) is 11.8 Å². The lowest BCUT2D eigenvalue weighted by atomic mass is 10.1. The van der Waals surface area contributed by atoms with Crippen LogP contribution in [0.5, 0.6) is 0 Å². The number of Topliss-reactive ketones (excluding diaryl/α,β-unsaturated/α-hetero) is 1. The summed E-state index contributed by atoms with van der Waals surface area (Å²) in [6.45, 7) is -0.270. The van der Waals surface area contributed by atoms with Crippen molar-refractivity contribution >= 4 is 5.78 Å². The van der Waals surface area contributed by atoms with E-state index in [2.05, 4.69) is 12.2 Å². The van der Waals surface area contributed by atoms with E-state index in [1.54, 1.807) is 0 Å². The highest BCUT2D eigenvalue weighted by Gasteiger charge is 2.48. The highest BCUT2D eigenvalue weighted by atomic mass is 16.3. The number of rotatable bonds is 3. The van der Waals surface area contributed by atoms with Gasteiger partial charge in [0.25, 0.3) is 0 Å². The van der Waals surface area contributed by atoms with Crippen LogP contribution in [0.3, 0.4) is 0 Å². The zero-order valence-corrected chi connectivity index (χ0v) is 8.48. The molecule has 0 radical (unpaired) electrons. The van der Waals surface area contributed by atoms with Gasteiger partial charge in [0.1, 0.15) is 6.61 Å². The summed E-state index contributed by atoms with van der Waals surface area (Å²) in [4.78, 5) is 11.1. The summed E-state index contributed by atoms with van der Waals surface area (Å²) in [5.74, 6) is 2.16. The molecular weight excluding hydrogens is 176 g/mol. The molecule has 0 aromatic heterocycles. The van der Waals surface area contributed by atoms with E-state index < -0.39 is 0 Å². The average molecular weight is 194 g/mol. The molecule has 0 heterocycles. The number of hydrogen-bond donors (Lipinski definition) is 1. The normalized spacial score (nSPS) is 37.9. The highest BCUT2D eigenvalue weighted by Crippen LogP contribution is 2.54. The Morgan fingerprint density at radius 2 is 1.79 bits per heavy atom. The van der Waals surface area contributed by atoms with E-state index in [9.17, 15) is 4.79 Å². The maximum absolute atomic E-state index is 11.1. The quantitative estimate of drug-likeness (QED) is 0.697. The summed E-state index contributed by atoms with van der Waals surface area (Å²) in [5.41, 5.74) is 0. The summed E-state index contributed by atoms with van der Waals surface area (Å²) in [6.07, 6.45) is 9.97. The molecule has 2 atom stereocenters. The molecule has 2 aliphatic carbocycles. The second kappa shape index (κ2) is 4.26. The first-order chi connectivity index (χ1) is 6.83. The smallest absolute Gasteiger partial charge is 0.158 e. The van der Waals surface area contributed by atoms with Crippen molar-refractivity contribution in [1.82, 2.24) is 0 Å². The zero-order valence-electron chi connectivity index (χ0n) is 8.48. The molecule has 1 fully saturated rings. The van der Waals surface area contributed by atoms with Crippen molar-refractivity contribution in [3.8, 4) is 0 Å². The number of carbonyl (C=O) groups excluding carboxylic acids is 1. The molecule has 0 amide bonds. The van der Waals surface area contributed by atoms with Gasteiger partial charge in [0, 0.05) is 6.42 Å². The Hall–Kier alpha value is -0.630. The molecule has 1 saturated carbocycles. The monoisotopic (exact) mass is 194 g/mol. The summed E-state index contributed by atoms with van der Waals surface area (Å²) >= 11 is 0. The number of carbonyl (C=O) groups is 1. The standard InChI is InChI=1S/C12H18O2/c13-8-9(14)7-12-10-5-3-1-2-4-6-11(10)12/h1-2,10-13H,3-8H2/b2-1-. The highest BCUT2D eigenvalue weighted by molar-refractivity contribution is 5.80. The Bertz CT molecular complexity index is 229. The van der Waals surface area contributed by atoms with E-state index in [1.165, 1.54) is 25.7 Å². The van der Waals surface area contributed by atoms with Gasteiger partial charge >= 0.3 is 0 Å². The average Bonchev–Trinajstić information content (AvgIpc) is 2.75. The first kappa shape index (κ1) is 9.91. The molecular formula is C12H18O2. The van der Waals surface area contributed by atoms with Gasteiger partial charge < -0.3 is 5.11 Å². The molecule has 2 unspecified atom stereocenters. The molecule has 0 spiro atoms. The van der Waals surface area contributed by atoms with Gasteiger partial charge in [-0.3, -0.25) is 4.79 Å². The van der Waals surface area contributed by atoms with Gasteiger partial charge in [0.05, 0.1) is 0 Å².